The number of unbranched alkanes of at least 4 members (excludes halogenated alkanes) is 1. The molecule has 0 aromatic rings. The summed E-state index contributed by atoms with van der Waals surface area (Å²) in [7, 11) is 0. The third-order valence-corrected chi connectivity index (χ3v) is 0.500. The van der Waals surface area contributed by atoms with E-state index in [1.54, 1.807) is 0 Å². The Morgan fingerprint density at radius 3 is 0.750 bits per heavy atom. The normalized spacial score (nSPS) is 3.75. The average molecular weight is 382 g/mol. The van der Waals surface area contributed by atoms with Crippen LogP contribution in [0.15, 0.2) is 0 Å². The highest BCUT2D eigenvalue weighted by molar-refractivity contribution is 8.93. The fourth-order valence-electron chi connectivity index (χ4n) is 0. The van der Waals surface area contributed by atoms with Crippen molar-refractivity contribution in [2.24, 2.45) is 0 Å². The van der Waals surface area contributed by atoms with Crippen molar-refractivity contribution in [3.63, 3.8) is 0 Å². The lowest BCUT2D eigenvalue weighted by molar-refractivity contribution is 0.886. The molecule has 0 aliphatic heterocycles. The maximum atomic E-state index is 2.18. The first kappa shape index (κ1) is 32.6. The first-order chi connectivity index (χ1) is 1.91. The van der Waals surface area contributed by atoms with E-state index in [9.17, 15) is 0 Å². The van der Waals surface area contributed by atoms with Crippen LogP contribution in [0.3, 0.4) is 0 Å². The van der Waals surface area contributed by atoms with Gasteiger partial charge in [0.15, 0.2) is 0 Å². The van der Waals surface area contributed by atoms with E-state index in [0.29, 0.717) is 0 Å². The van der Waals surface area contributed by atoms with Gasteiger partial charge in [0.05, 0.1) is 0 Å². The van der Waals surface area contributed by atoms with Crippen LogP contribution in [0.2, 0.25) is 0 Å². The van der Waals surface area contributed by atoms with Gasteiger partial charge in [0.2, 0.25) is 0 Å². The lowest BCUT2D eigenvalue weighted by atomic mass is 10.4. The molecule has 0 N–H and O–H groups in total. The summed E-state index contributed by atoms with van der Waals surface area (Å²) in [5.74, 6) is 0. The van der Waals surface area contributed by atoms with Gasteiger partial charge in [-0.2, -0.15) is 0 Å². The Balaban J connectivity index is -0.00000000750. The zero-order chi connectivity index (χ0) is 3.41. The van der Waals surface area contributed by atoms with Crippen LogP contribution in [0.1, 0.15) is 26.7 Å². The van der Waals surface area contributed by atoms with Gasteiger partial charge in [0.1, 0.15) is 0 Å². The SMILES string of the molecule is Br.Br.Br.Br.CCCC. The average Bonchev–Trinajstić information content (AvgIpc) is 1.37. The van der Waals surface area contributed by atoms with Crippen LogP contribution >= 0.6 is 67.9 Å². The smallest absolute Gasteiger partial charge is 0.0564 e. The van der Waals surface area contributed by atoms with Gasteiger partial charge in [0, 0.05) is 0 Å². The molecule has 0 saturated carbocycles. The second-order valence-electron chi connectivity index (χ2n) is 1.000. The van der Waals surface area contributed by atoms with Crippen molar-refractivity contribution in [1.82, 2.24) is 0 Å². The molecule has 0 saturated heterocycles. The van der Waals surface area contributed by atoms with Gasteiger partial charge < -0.3 is 0 Å². The van der Waals surface area contributed by atoms with Crippen LogP contribution in [-0.4, -0.2) is 0 Å². The van der Waals surface area contributed by atoms with Gasteiger partial charge in [-0.15, -0.1) is 67.9 Å². The summed E-state index contributed by atoms with van der Waals surface area (Å²) in [6.45, 7) is 4.36. The van der Waals surface area contributed by atoms with Crippen LogP contribution in [-0.2, 0) is 0 Å². The Bertz CT molecular complexity index is 10.0. The highest BCUT2D eigenvalue weighted by Crippen LogP contribution is 1.76. The van der Waals surface area contributed by atoms with E-state index in [-0.39, 0.29) is 67.9 Å². The standard InChI is InChI=1S/C4H10.4BrH/c1-3-4-2;;;;/h3-4H2,1-2H3;4*1H. The Morgan fingerprint density at radius 1 is 0.625 bits per heavy atom. The Morgan fingerprint density at radius 2 is 0.750 bits per heavy atom. The molecule has 0 aliphatic rings. The number of hydrogen-bond acceptors (Lipinski definition) is 0. The predicted octanol–water partition coefficient (Wildman–Crippen LogP) is 4.12. The molecule has 0 aliphatic carbocycles. The van der Waals surface area contributed by atoms with Crippen molar-refractivity contribution in [2.75, 3.05) is 0 Å². The summed E-state index contributed by atoms with van der Waals surface area (Å²) in [6, 6.07) is 0. The van der Waals surface area contributed by atoms with Gasteiger partial charge in [-0.05, 0) is 0 Å². The van der Waals surface area contributed by atoms with Gasteiger partial charge in [0.25, 0.3) is 0 Å². The Kier molecular flexibility index (Phi) is 148. The van der Waals surface area contributed by atoms with Crippen molar-refractivity contribution < 1.29 is 0 Å². The lowest BCUT2D eigenvalue weighted by Gasteiger charge is -1.68. The number of rotatable bonds is 1. The molecule has 0 rings (SSSR count). The molecule has 0 atom stereocenters. The van der Waals surface area contributed by atoms with Crippen LogP contribution in [0.4, 0.5) is 0 Å². The summed E-state index contributed by atoms with van der Waals surface area (Å²) in [6.07, 6.45) is 2.64. The zero-order valence-corrected chi connectivity index (χ0v) is 11.9. The molecular weight excluding hydrogens is 368 g/mol. The summed E-state index contributed by atoms with van der Waals surface area (Å²) < 4.78 is 0. The predicted molar refractivity (Wildman–Crippen MR) is 61.9 cm³/mol. The topological polar surface area (TPSA) is 0 Å². The molecule has 0 fully saturated rings. The quantitative estimate of drug-likeness (QED) is 0.641. The monoisotopic (exact) mass is 378 g/mol. The second-order valence-corrected chi connectivity index (χ2v) is 1.000. The first-order valence-electron chi connectivity index (χ1n) is 1.91. The molecule has 0 aromatic heterocycles. The van der Waals surface area contributed by atoms with E-state index in [2.05, 4.69) is 13.8 Å². The Hall–Kier alpha value is 1.92. The third kappa shape index (κ3) is 44.5. The van der Waals surface area contributed by atoms with E-state index in [0.717, 1.165) is 0 Å². The fraction of sp³-hybridized carbons (Fsp3) is 1.00. The van der Waals surface area contributed by atoms with Gasteiger partial charge in [-0.1, -0.05) is 26.7 Å². The molecule has 0 bridgehead atoms. The first-order valence-corrected chi connectivity index (χ1v) is 1.91. The molecule has 0 unspecified atom stereocenters. The molecule has 0 heterocycles. The maximum absolute atomic E-state index is 2.18. The van der Waals surface area contributed by atoms with Crippen LogP contribution < -0.4 is 0 Å². The highest BCUT2D eigenvalue weighted by Gasteiger charge is 1.56. The van der Waals surface area contributed by atoms with E-state index in [4.69, 9.17) is 0 Å². The third-order valence-electron chi connectivity index (χ3n) is 0.500. The zero-order valence-electron chi connectivity index (χ0n) is 5.05. The lowest BCUT2D eigenvalue weighted by Crippen LogP contribution is -1.47. The molecule has 58 valence electrons. The molecule has 4 heteroatoms. The van der Waals surface area contributed by atoms with Crippen molar-refractivity contribution in [3.05, 3.63) is 0 Å². The molecule has 0 nitrogen and oxygen atoms in total. The molecule has 0 radical (unpaired) electrons. The largest absolute Gasteiger partial charge is 0.114 e. The second kappa shape index (κ2) is 36.4. The maximum Gasteiger partial charge on any atom is -0.0564 e. The summed E-state index contributed by atoms with van der Waals surface area (Å²) in [5, 5.41) is 0. The minimum atomic E-state index is 0. The van der Waals surface area contributed by atoms with E-state index >= 15 is 0 Å². The van der Waals surface area contributed by atoms with E-state index in [1.165, 1.54) is 12.8 Å². The van der Waals surface area contributed by atoms with E-state index in [1.807, 2.05) is 0 Å². The molecule has 0 aromatic carbocycles. The van der Waals surface area contributed by atoms with Gasteiger partial charge in [-0.25, -0.2) is 0 Å². The molecule has 8 heavy (non-hydrogen) atoms. The summed E-state index contributed by atoms with van der Waals surface area (Å²) in [4.78, 5) is 0. The number of hydrogen-bond donors (Lipinski definition) is 0. The van der Waals surface area contributed by atoms with E-state index < -0.39 is 0 Å². The molecular formula is C4H14Br4. The molecule has 0 spiro atoms. The Labute approximate surface area is 93.9 Å². The molecule has 0 amide bonds. The van der Waals surface area contributed by atoms with Crippen LogP contribution in [0.25, 0.3) is 0 Å². The van der Waals surface area contributed by atoms with Gasteiger partial charge in [-0.3, -0.25) is 0 Å². The highest BCUT2D eigenvalue weighted by atomic mass is 79.9. The van der Waals surface area contributed by atoms with Crippen molar-refractivity contribution in [3.8, 4) is 0 Å². The van der Waals surface area contributed by atoms with Crippen LogP contribution in [0, 0.1) is 0 Å². The fourth-order valence-corrected chi connectivity index (χ4v) is 0. The minimum Gasteiger partial charge on any atom is -0.114 e. The minimum absolute atomic E-state index is 0. The van der Waals surface area contributed by atoms with Crippen LogP contribution in [0.5, 0.6) is 0 Å². The van der Waals surface area contributed by atoms with Crippen molar-refractivity contribution in [1.29, 1.82) is 0 Å². The summed E-state index contributed by atoms with van der Waals surface area (Å²) >= 11 is 0. The van der Waals surface area contributed by atoms with Crippen molar-refractivity contribution in [2.45, 2.75) is 26.7 Å². The van der Waals surface area contributed by atoms with Crippen molar-refractivity contribution >= 4 is 67.9 Å². The summed E-state index contributed by atoms with van der Waals surface area (Å²) in [5.41, 5.74) is 0. The number of halogens is 4. The van der Waals surface area contributed by atoms with Gasteiger partial charge >= 0.3 is 0 Å².